The van der Waals surface area contributed by atoms with Crippen molar-refractivity contribution in [3.05, 3.63) is 36.0 Å². The Morgan fingerprint density at radius 2 is 2.28 bits per heavy atom. The number of hydrogen-bond acceptors (Lipinski definition) is 5. The highest BCUT2D eigenvalue weighted by Crippen LogP contribution is 2.34. The first-order valence-electron chi connectivity index (χ1n) is 10.1. The standard InChI is InChI=1S/C21H24N4O4/c26-19(23-12-16-2-1-9-28-16)18-11-21(29-24-18)6-8-25(13-21)20(27)15-3-4-17-14(10-15)5-7-22-17/h3-5,7,10,16,22H,1-2,6,8-9,11-13H2,(H,23,26)/t16-,21+/m0/s1. The molecule has 2 atom stereocenters. The first-order chi connectivity index (χ1) is 14.1. The van der Waals surface area contributed by atoms with Gasteiger partial charge in [-0.1, -0.05) is 5.16 Å². The van der Waals surface area contributed by atoms with E-state index < -0.39 is 5.60 Å². The molecule has 1 spiro atoms. The molecule has 2 fully saturated rings. The summed E-state index contributed by atoms with van der Waals surface area (Å²) in [5.74, 6) is -0.232. The van der Waals surface area contributed by atoms with E-state index in [2.05, 4.69) is 15.5 Å². The molecule has 4 heterocycles. The summed E-state index contributed by atoms with van der Waals surface area (Å²) in [6.45, 7) is 2.28. The lowest BCUT2D eigenvalue weighted by atomic mass is 9.96. The van der Waals surface area contributed by atoms with Gasteiger partial charge >= 0.3 is 0 Å². The molecule has 0 aliphatic carbocycles. The predicted molar refractivity (Wildman–Crippen MR) is 107 cm³/mol. The van der Waals surface area contributed by atoms with Gasteiger partial charge in [0, 0.05) is 55.2 Å². The van der Waals surface area contributed by atoms with Crippen LogP contribution >= 0.6 is 0 Å². The Morgan fingerprint density at radius 1 is 1.34 bits per heavy atom. The lowest BCUT2D eigenvalue weighted by Crippen LogP contribution is -2.40. The van der Waals surface area contributed by atoms with Gasteiger partial charge < -0.3 is 24.8 Å². The van der Waals surface area contributed by atoms with E-state index in [1.807, 2.05) is 30.5 Å². The van der Waals surface area contributed by atoms with Crippen molar-refractivity contribution < 1.29 is 19.2 Å². The topological polar surface area (TPSA) is 96.0 Å². The molecule has 2 N–H and O–H groups in total. The molecule has 5 rings (SSSR count). The minimum Gasteiger partial charge on any atom is -0.386 e. The number of aromatic amines is 1. The molecule has 0 radical (unpaired) electrons. The molecule has 0 unspecified atom stereocenters. The van der Waals surface area contributed by atoms with E-state index in [0.717, 1.165) is 30.4 Å². The summed E-state index contributed by atoms with van der Waals surface area (Å²) in [6.07, 6.45) is 5.04. The summed E-state index contributed by atoms with van der Waals surface area (Å²) in [5, 5.41) is 7.94. The number of benzene rings is 1. The summed E-state index contributed by atoms with van der Waals surface area (Å²) in [4.78, 5) is 36.0. The third-order valence-corrected chi connectivity index (χ3v) is 6.02. The second kappa shape index (κ2) is 7.18. The van der Waals surface area contributed by atoms with Gasteiger partial charge in [-0.05, 0) is 37.1 Å². The first kappa shape index (κ1) is 18.2. The number of amides is 2. The molecule has 152 valence electrons. The quantitative estimate of drug-likeness (QED) is 0.824. The summed E-state index contributed by atoms with van der Waals surface area (Å²) < 4.78 is 5.53. The largest absolute Gasteiger partial charge is 0.386 e. The Hall–Kier alpha value is -2.87. The highest BCUT2D eigenvalue weighted by molar-refractivity contribution is 6.39. The van der Waals surface area contributed by atoms with Crippen LogP contribution in [0.1, 0.15) is 36.0 Å². The maximum Gasteiger partial charge on any atom is 0.269 e. The number of fused-ring (bicyclic) bond motifs is 1. The van der Waals surface area contributed by atoms with Gasteiger partial charge in [0.25, 0.3) is 11.8 Å². The zero-order valence-electron chi connectivity index (χ0n) is 16.1. The average molecular weight is 396 g/mol. The Bertz CT molecular complexity index is 978. The van der Waals surface area contributed by atoms with Gasteiger partial charge in [0.05, 0.1) is 12.6 Å². The van der Waals surface area contributed by atoms with Crippen molar-refractivity contribution >= 4 is 28.4 Å². The van der Waals surface area contributed by atoms with Crippen LogP contribution in [-0.2, 0) is 14.4 Å². The molecule has 3 aliphatic heterocycles. The summed E-state index contributed by atoms with van der Waals surface area (Å²) in [5.41, 5.74) is 1.46. The van der Waals surface area contributed by atoms with E-state index in [1.165, 1.54) is 0 Å². The molecular formula is C21H24N4O4. The van der Waals surface area contributed by atoms with Crippen LogP contribution in [0.2, 0.25) is 0 Å². The van der Waals surface area contributed by atoms with Crippen LogP contribution in [-0.4, -0.2) is 65.4 Å². The third kappa shape index (κ3) is 3.48. The minimum atomic E-state index is -0.593. The van der Waals surface area contributed by atoms with Crippen LogP contribution in [0.3, 0.4) is 0 Å². The molecule has 0 saturated carbocycles. The van der Waals surface area contributed by atoms with E-state index in [9.17, 15) is 9.59 Å². The van der Waals surface area contributed by atoms with Gasteiger partial charge in [-0.25, -0.2) is 0 Å². The summed E-state index contributed by atoms with van der Waals surface area (Å²) in [6, 6.07) is 7.60. The SMILES string of the molecule is O=C(NC[C@@H]1CCCO1)C1=NO[C@]2(CCN(C(=O)c3ccc4[nH]ccc4c3)C2)C1. The van der Waals surface area contributed by atoms with E-state index >= 15 is 0 Å². The molecule has 0 bridgehead atoms. The number of carbonyl (C=O) groups is 2. The maximum atomic E-state index is 12.9. The summed E-state index contributed by atoms with van der Waals surface area (Å²) in [7, 11) is 0. The maximum absolute atomic E-state index is 12.9. The van der Waals surface area contributed by atoms with Gasteiger partial charge in [0.1, 0.15) is 5.71 Å². The van der Waals surface area contributed by atoms with E-state index in [4.69, 9.17) is 9.57 Å². The van der Waals surface area contributed by atoms with Gasteiger partial charge in [-0.2, -0.15) is 0 Å². The fourth-order valence-corrected chi connectivity index (χ4v) is 4.36. The number of nitrogens with zero attached hydrogens (tertiary/aromatic N) is 2. The molecule has 2 saturated heterocycles. The predicted octanol–water partition coefficient (Wildman–Crippen LogP) is 1.82. The number of nitrogens with one attached hydrogen (secondary N) is 2. The number of rotatable bonds is 4. The van der Waals surface area contributed by atoms with E-state index in [1.54, 1.807) is 4.90 Å². The molecule has 8 nitrogen and oxygen atoms in total. The van der Waals surface area contributed by atoms with Crippen LogP contribution in [0.4, 0.5) is 0 Å². The Morgan fingerprint density at radius 3 is 3.14 bits per heavy atom. The highest BCUT2D eigenvalue weighted by atomic mass is 16.7. The van der Waals surface area contributed by atoms with Crippen molar-refractivity contribution in [1.29, 1.82) is 0 Å². The molecular weight excluding hydrogens is 372 g/mol. The number of hydrogen-bond donors (Lipinski definition) is 2. The van der Waals surface area contributed by atoms with E-state index in [-0.39, 0.29) is 17.9 Å². The Labute approximate surface area is 168 Å². The van der Waals surface area contributed by atoms with Crippen LogP contribution in [0.5, 0.6) is 0 Å². The highest BCUT2D eigenvalue weighted by Gasteiger charge is 2.48. The van der Waals surface area contributed by atoms with Crippen molar-refractivity contribution in [1.82, 2.24) is 15.2 Å². The van der Waals surface area contributed by atoms with Crippen molar-refractivity contribution in [2.24, 2.45) is 5.16 Å². The normalized spacial score (nSPS) is 26.1. The smallest absolute Gasteiger partial charge is 0.269 e. The van der Waals surface area contributed by atoms with Crippen LogP contribution in [0, 0.1) is 0 Å². The lowest BCUT2D eigenvalue weighted by molar-refractivity contribution is -0.115. The summed E-state index contributed by atoms with van der Waals surface area (Å²) >= 11 is 0. The second-order valence-electron chi connectivity index (χ2n) is 8.09. The van der Waals surface area contributed by atoms with Crippen molar-refractivity contribution in [2.45, 2.75) is 37.4 Å². The van der Waals surface area contributed by atoms with Crippen molar-refractivity contribution in [3.8, 4) is 0 Å². The van der Waals surface area contributed by atoms with Crippen LogP contribution in [0.15, 0.2) is 35.6 Å². The van der Waals surface area contributed by atoms with E-state index in [0.29, 0.717) is 43.8 Å². The zero-order valence-corrected chi connectivity index (χ0v) is 16.1. The fraction of sp³-hybridized carbons (Fsp3) is 0.476. The Balaban J connectivity index is 1.19. The molecule has 29 heavy (non-hydrogen) atoms. The lowest BCUT2D eigenvalue weighted by Gasteiger charge is -2.21. The molecule has 1 aromatic carbocycles. The number of aromatic nitrogens is 1. The van der Waals surface area contributed by atoms with Crippen molar-refractivity contribution in [2.75, 3.05) is 26.2 Å². The fourth-order valence-electron chi connectivity index (χ4n) is 4.36. The molecule has 3 aliphatic rings. The third-order valence-electron chi connectivity index (χ3n) is 6.02. The van der Waals surface area contributed by atoms with Crippen LogP contribution in [0.25, 0.3) is 10.9 Å². The molecule has 2 amide bonds. The average Bonchev–Trinajstić information content (AvgIpc) is 3.53. The van der Waals surface area contributed by atoms with Crippen LogP contribution < -0.4 is 5.32 Å². The Kier molecular flexibility index (Phi) is 4.50. The number of H-pyrrole nitrogens is 1. The molecule has 1 aromatic heterocycles. The number of ether oxygens (including phenoxy) is 1. The number of likely N-dealkylation sites (tertiary alicyclic amines) is 1. The van der Waals surface area contributed by atoms with Gasteiger partial charge in [0.15, 0.2) is 5.60 Å². The first-order valence-corrected chi connectivity index (χ1v) is 10.1. The number of oxime groups is 1. The minimum absolute atomic E-state index is 0.0233. The van der Waals surface area contributed by atoms with Crippen molar-refractivity contribution in [3.63, 3.8) is 0 Å². The second-order valence-corrected chi connectivity index (χ2v) is 8.09. The monoisotopic (exact) mass is 396 g/mol. The number of carbonyl (C=O) groups excluding carboxylic acids is 2. The van der Waals surface area contributed by atoms with Gasteiger partial charge in [-0.3, -0.25) is 9.59 Å². The molecule has 2 aromatic rings. The molecule has 8 heteroatoms. The van der Waals surface area contributed by atoms with Gasteiger partial charge in [-0.15, -0.1) is 0 Å². The van der Waals surface area contributed by atoms with Gasteiger partial charge in [0.2, 0.25) is 0 Å². The zero-order chi connectivity index (χ0) is 19.8.